The second-order valence-corrected chi connectivity index (χ2v) is 9.85. The lowest BCUT2D eigenvalue weighted by Crippen LogP contribution is -2.26. The summed E-state index contributed by atoms with van der Waals surface area (Å²) in [4.78, 5) is 12.3. The first-order valence-electron chi connectivity index (χ1n) is 8.19. The number of hydrogen-bond donors (Lipinski definition) is 1. The molecule has 0 saturated carbocycles. The fraction of sp³-hybridized carbons (Fsp3) is 0.412. The van der Waals surface area contributed by atoms with Crippen molar-refractivity contribution in [1.82, 2.24) is 9.78 Å². The lowest BCUT2D eigenvalue weighted by Gasteiger charge is -2.25. The molecule has 132 valence electrons. The number of nitrogens with one attached hydrogen (secondary N) is 1. The Hall–Kier alpha value is -1.67. The number of benzene rings is 1. The smallest absolute Gasteiger partial charge is 0.226 e. The van der Waals surface area contributed by atoms with E-state index in [1.807, 2.05) is 31.2 Å². The molecular formula is C17H18BrN3O3S. The molecule has 2 atom stereocenters. The minimum Gasteiger partial charge on any atom is -0.311 e. The highest BCUT2D eigenvalue weighted by Crippen LogP contribution is 2.41. The Balaban J connectivity index is 1.81. The summed E-state index contributed by atoms with van der Waals surface area (Å²) in [5.41, 5.74) is 2.87. The summed E-state index contributed by atoms with van der Waals surface area (Å²) in [7, 11) is -3.03. The van der Waals surface area contributed by atoms with Gasteiger partial charge in [-0.25, -0.2) is 13.1 Å². The molecular weight excluding hydrogens is 406 g/mol. The fourth-order valence-corrected chi connectivity index (χ4v) is 5.92. The van der Waals surface area contributed by atoms with E-state index in [-0.39, 0.29) is 29.4 Å². The van der Waals surface area contributed by atoms with E-state index in [9.17, 15) is 13.2 Å². The largest absolute Gasteiger partial charge is 0.311 e. The number of nitrogens with zero attached hydrogens (tertiary/aromatic N) is 2. The maximum Gasteiger partial charge on any atom is 0.226 e. The molecule has 1 fully saturated rings. The number of aromatic nitrogens is 2. The summed E-state index contributed by atoms with van der Waals surface area (Å²) in [6, 6.07) is 7.72. The van der Waals surface area contributed by atoms with Crippen LogP contribution in [-0.2, 0) is 14.6 Å². The van der Waals surface area contributed by atoms with Crippen LogP contribution in [0.25, 0.3) is 0 Å². The van der Waals surface area contributed by atoms with Gasteiger partial charge in [0.2, 0.25) is 5.91 Å². The van der Waals surface area contributed by atoms with Gasteiger partial charge in [0.25, 0.3) is 0 Å². The number of amides is 1. The molecule has 6 nitrogen and oxygen atoms in total. The van der Waals surface area contributed by atoms with E-state index in [2.05, 4.69) is 26.3 Å². The quantitative estimate of drug-likeness (QED) is 0.804. The molecule has 2 aromatic rings. The second-order valence-electron chi connectivity index (χ2n) is 6.71. The summed E-state index contributed by atoms with van der Waals surface area (Å²) in [5.74, 6) is 0.764. The molecule has 4 rings (SSSR count). The second kappa shape index (κ2) is 5.95. The van der Waals surface area contributed by atoms with Crippen LogP contribution in [0.1, 0.15) is 41.6 Å². The van der Waals surface area contributed by atoms with Crippen molar-refractivity contribution in [2.24, 2.45) is 0 Å². The molecule has 1 aromatic heterocycles. The zero-order chi connectivity index (χ0) is 17.8. The average molecular weight is 424 g/mol. The van der Waals surface area contributed by atoms with Crippen LogP contribution in [-0.4, -0.2) is 35.6 Å². The Morgan fingerprint density at radius 1 is 1.36 bits per heavy atom. The third kappa shape index (κ3) is 3.01. The number of anilines is 1. The number of sulfone groups is 1. The Morgan fingerprint density at radius 2 is 2.16 bits per heavy atom. The fourth-order valence-electron chi connectivity index (χ4n) is 3.81. The summed E-state index contributed by atoms with van der Waals surface area (Å²) >= 11 is 3.49. The summed E-state index contributed by atoms with van der Waals surface area (Å²) in [6.07, 6.45) is 0.895. The molecule has 8 heteroatoms. The summed E-state index contributed by atoms with van der Waals surface area (Å²) < 4.78 is 26.4. The van der Waals surface area contributed by atoms with Crippen molar-refractivity contribution in [2.75, 3.05) is 16.8 Å². The highest BCUT2D eigenvalue weighted by atomic mass is 79.9. The lowest BCUT2D eigenvalue weighted by atomic mass is 9.86. The van der Waals surface area contributed by atoms with Crippen LogP contribution in [0.3, 0.4) is 0 Å². The van der Waals surface area contributed by atoms with E-state index in [4.69, 9.17) is 0 Å². The van der Waals surface area contributed by atoms with E-state index < -0.39 is 9.84 Å². The first-order chi connectivity index (χ1) is 11.8. The van der Waals surface area contributed by atoms with Crippen LogP contribution >= 0.6 is 15.9 Å². The molecule has 1 N–H and O–H groups in total. The van der Waals surface area contributed by atoms with E-state index in [1.54, 1.807) is 4.68 Å². The Morgan fingerprint density at radius 3 is 2.84 bits per heavy atom. The van der Waals surface area contributed by atoms with Gasteiger partial charge >= 0.3 is 0 Å². The predicted octanol–water partition coefficient (Wildman–Crippen LogP) is 2.79. The minimum absolute atomic E-state index is 0.0699. The molecule has 3 heterocycles. The van der Waals surface area contributed by atoms with Gasteiger partial charge in [0, 0.05) is 22.4 Å². The number of aryl methyl sites for hydroxylation is 1. The Kier molecular flexibility index (Phi) is 3.99. The molecule has 0 spiro atoms. The zero-order valence-electron chi connectivity index (χ0n) is 13.7. The van der Waals surface area contributed by atoms with E-state index in [0.717, 1.165) is 21.3 Å². The molecule has 0 radical (unpaired) electrons. The van der Waals surface area contributed by atoms with Crippen LogP contribution < -0.4 is 5.32 Å². The molecule has 1 amide bonds. The van der Waals surface area contributed by atoms with Crippen LogP contribution in [0.15, 0.2) is 28.7 Å². The van der Waals surface area contributed by atoms with Crippen LogP contribution in [0, 0.1) is 6.92 Å². The molecule has 0 aliphatic carbocycles. The molecule has 1 saturated heterocycles. The molecule has 0 bridgehead atoms. The van der Waals surface area contributed by atoms with Crippen LogP contribution in [0.4, 0.5) is 5.82 Å². The maximum atomic E-state index is 12.3. The lowest BCUT2D eigenvalue weighted by molar-refractivity contribution is -0.116. The van der Waals surface area contributed by atoms with Gasteiger partial charge in [-0.3, -0.25) is 4.79 Å². The number of carbonyl (C=O) groups is 1. The van der Waals surface area contributed by atoms with Gasteiger partial charge in [-0.2, -0.15) is 5.10 Å². The average Bonchev–Trinajstić information content (AvgIpc) is 3.06. The highest BCUT2D eigenvalue weighted by molar-refractivity contribution is 9.10. The SMILES string of the molecule is Cc1nn([C@H]2CCS(=O)(=O)C2)c2c1[C@H](c1cccc(Br)c1)CC(=O)N2. The first kappa shape index (κ1) is 16.8. The molecule has 2 aliphatic heterocycles. The topological polar surface area (TPSA) is 81.1 Å². The van der Waals surface area contributed by atoms with Crippen molar-refractivity contribution in [3.05, 3.63) is 45.6 Å². The van der Waals surface area contributed by atoms with Gasteiger partial charge in [-0.1, -0.05) is 28.1 Å². The molecule has 0 unspecified atom stereocenters. The van der Waals surface area contributed by atoms with Crippen molar-refractivity contribution in [3.8, 4) is 0 Å². The van der Waals surface area contributed by atoms with Gasteiger partial charge in [-0.15, -0.1) is 0 Å². The number of halogens is 1. The van der Waals surface area contributed by atoms with Gasteiger partial charge in [-0.05, 0) is 31.0 Å². The van der Waals surface area contributed by atoms with Crippen LogP contribution in [0.2, 0.25) is 0 Å². The van der Waals surface area contributed by atoms with E-state index in [1.165, 1.54) is 0 Å². The van der Waals surface area contributed by atoms with Crippen molar-refractivity contribution in [1.29, 1.82) is 0 Å². The first-order valence-corrected chi connectivity index (χ1v) is 10.8. The normalized spacial score (nSPS) is 24.8. The number of rotatable bonds is 2. The van der Waals surface area contributed by atoms with Gasteiger partial charge < -0.3 is 5.32 Å². The van der Waals surface area contributed by atoms with Gasteiger partial charge in [0.05, 0.1) is 23.2 Å². The third-order valence-electron chi connectivity index (χ3n) is 4.93. The maximum absolute atomic E-state index is 12.3. The van der Waals surface area contributed by atoms with Crippen LogP contribution in [0.5, 0.6) is 0 Å². The van der Waals surface area contributed by atoms with Gasteiger partial charge in [0.1, 0.15) is 5.82 Å². The summed E-state index contributed by atoms with van der Waals surface area (Å²) in [5, 5.41) is 7.52. The van der Waals surface area contributed by atoms with Crippen molar-refractivity contribution in [3.63, 3.8) is 0 Å². The molecule has 25 heavy (non-hydrogen) atoms. The van der Waals surface area contributed by atoms with Crippen molar-refractivity contribution < 1.29 is 13.2 Å². The highest BCUT2D eigenvalue weighted by Gasteiger charge is 2.37. The third-order valence-corrected chi connectivity index (χ3v) is 7.18. The van der Waals surface area contributed by atoms with Crippen molar-refractivity contribution in [2.45, 2.75) is 31.7 Å². The number of hydrogen-bond acceptors (Lipinski definition) is 4. The zero-order valence-corrected chi connectivity index (χ0v) is 16.1. The van der Waals surface area contributed by atoms with Gasteiger partial charge in [0.15, 0.2) is 9.84 Å². The summed E-state index contributed by atoms with van der Waals surface area (Å²) in [6.45, 7) is 1.92. The van der Waals surface area contributed by atoms with Crippen molar-refractivity contribution >= 4 is 37.5 Å². The number of carbonyl (C=O) groups excluding carboxylic acids is 1. The monoisotopic (exact) mass is 423 g/mol. The molecule has 1 aromatic carbocycles. The predicted molar refractivity (Wildman–Crippen MR) is 98.5 cm³/mol. The minimum atomic E-state index is -3.03. The number of fused-ring (bicyclic) bond motifs is 1. The van der Waals surface area contributed by atoms with E-state index in [0.29, 0.717) is 18.7 Å². The van der Waals surface area contributed by atoms with E-state index >= 15 is 0 Å². The molecule has 2 aliphatic rings. The standard InChI is InChI=1S/C17H18BrN3O3S/c1-10-16-14(11-3-2-4-12(18)7-11)8-15(22)19-17(16)21(20-10)13-5-6-25(23,24)9-13/h2-4,7,13-14H,5-6,8-9H2,1H3,(H,19,22)/t13-,14-/m0/s1. The Bertz CT molecular complexity index is 968. The Labute approximate surface area is 154 Å².